The number of halogens is 6. The summed E-state index contributed by atoms with van der Waals surface area (Å²) in [4.78, 5) is 25.9. The number of nitrogens with zero attached hydrogens (tertiary/aromatic N) is 7. The third-order valence-electron chi connectivity index (χ3n) is 5.17. The van der Waals surface area contributed by atoms with Crippen molar-refractivity contribution in [3.8, 4) is 11.5 Å². The first-order valence-corrected chi connectivity index (χ1v) is 9.72. The smallest absolute Gasteiger partial charge is 0.351 e. The summed E-state index contributed by atoms with van der Waals surface area (Å²) < 4.78 is 81.1. The van der Waals surface area contributed by atoms with Crippen molar-refractivity contribution in [2.24, 2.45) is 0 Å². The van der Waals surface area contributed by atoms with Crippen LogP contribution in [0.5, 0.6) is 0 Å². The molecular weight excluding hydrogens is 464 g/mol. The van der Waals surface area contributed by atoms with E-state index < -0.39 is 40.4 Å². The standard InChI is InChI=1S/C21H15F6N7/c1-11(15-17(29-7-6-28-15)18-30-4-3-5-31-18)34(2)19-13-8-12(20(22,23)24)9-14(21(25,26)27)16(13)32-10-33-19/h3-11H,1-2H3. The van der Waals surface area contributed by atoms with Gasteiger partial charge in [0, 0.05) is 37.2 Å². The van der Waals surface area contributed by atoms with Gasteiger partial charge in [0.05, 0.1) is 28.4 Å². The molecule has 1 unspecified atom stereocenters. The van der Waals surface area contributed by atoms with E-state index in [1.54, 1.807) is 13.0 Å². The number of rotatable bonds is 4. The van der Waals surface area contributed by atoms with Crippen molar-refractivity contribution in [1.29, 1.82) is 0 Å². The molecule has 7 nitrogen and oxygen atoms in total. The Morgan fingerprint density at radius 1 is 0.794 bits per heavy atom. The zero-order valence-corrected chi connectivity index (χ0v) is 17.6. The summed E-state index contributed by atoms with van der Waals surface area (Å²) in [5.74, 6) is 0.122. The van der Waals surface area contributed by atoms with Crippen LogP contribution in [0.2, 0.25) is 0 Å². The SMILES string of the molecule is CC(c1nccnc1-c1ncccn1)N(C)c1ncnc2c(C(F)(F)F)cc(C(F)(F)F)cc12. The Labute approximate surface area is 188 Å². The van der Waals surface area contributed by atoms with E-state index in [9.17, 15) is 26.3 Å². The number of aromatic nitrogens is 6. The van der Waals surface area contributed by atoms with Crippen LogP contribution in [0.3, 0.4) is 0 Å². The van der Waals surface area contributed by atoms with E-state index in [-0.39, 0.29) is 17.7 Å². The van der Waals surface area contributed by atoms with Crippen molar-refractivity contribution < 1.29 is 26.3 Å². The Morgan fingerprint density at radius 2 is 1.47 bits per heavy atom. The zero-order chi connectivity index (χ0) is 24.7. The zero-order valence-electron chi connectivity index (χ0n) is 17.6. The molecule has 0 aliphatic carbocycles. The highest BCUT2D eigenvalue weighted by molar-refractivity contribution is 5.92. The van der Waals surface area contributed by atoms with Gasteiger partial charge in [0.15, 0.2) is 5.82 Å². The molecule has 0 N–H and O–H groups in total. The van der Waals surface area contributed by atoms with Crippen LogP contribution in [-0.4, -0.2) is 37.0 Å². The molecule has 0 bridgehead atoms. The fourth-order valence-corrected chi connectivity index (χ4v) is 3.43. The van der Waals surface area contributed by atoms with Crippen LogP contribution < -0.4 is 4.90 Å². The van der Waals surface area contributed by atoms with Crippen LogP contribution in [0.25, 0.3) is 22.4 Å². The number of anilines is 1. The molecular formula is C21H15F6N7. The van der Waals surface area contributed by atoms with Gasteiger partial charge in [-0.15, -0.1) is 0 Å². The van der Waals surface area contributed by atoms with Crippen molar-refractivity contribution in [3.63, 3.8) is 0 Å². The summed E-state index contributed by atoms with van der Waals surface area (Å²) in [5.41, 5.74) is -2.93. The molecule has 3 heterocycles. The second kappa shape index (κ2) is 8.47. The predicted octanol–water partition coefficient (Wildman–Crippen LogP) is 5.11. The van der Waals surface area contributed by atoms with E-state index in [2.05, 4.69) is 29.9 Å². The van der Waals surface area contributed by atoms with Gasteiger partial charge in [-0.25, -0.2) is 24.9 Å². The fraction of sp³-hybridized carbons (Fsp3) is 0.238. The van der Waals surface area contributed by atoms with Gasteiger partial charge >= 0.3 is 12.4 Å². The Hall–Kier alpha value is -3.90. The van der Waals surface area contributed by atoms with Gasteiger partial charge in [-0.1, -0.05) is 0 Å². The van der Waals surface area contributed by atoms with Crippen molar-refractivity contribution in [3.05, 3.63) is 66.1 Å². The van der Waals surface area contributed by atoms with Gasteiger partial charge in [-0.05, 0) is 25.1 Å². The first-order valence-electron chi connectivity index (χ1n) is 9.72. The maximum atomic E-state index is 13.6. The molecule has 0 amide bonds. The van der Waals surface area contributed by atoms with Crippen LogP contribution in [-0.2, 0) is 12.4 Å². The monoisotopic (exact) mass is 479 g/mol. The van der Waals surface area contributed by atoms with E-state index in [0.717, 1.165) is 6.33 Å². The topological polar surface area (TPSA) is 80.6 Å². The Morgan fingerprint density at radius 3 is 2.12 bits per heavy atom. The summed E-state index contributed by atoms with van der Waals surface area (Å²) in [6, 6.07) is 1.59. The van der Waals surface area contributed by atoms with E-state index in [0.29, 0.717) is 17.5 Å². The van der Waals surface area contributed by atoms with Gasteiger partial charge < -0.3 is 4.90 Å². The molecule has 0 saturated carbocycles. The second-order valence-electron chi connectivity index (χ2n) is 7.26. The number of fused-ring (bicyclic) bond motifs is 1. The van der Waals surface area contributed by atoms with Gasteiger partial charge in [0.1, 0.15) is 17.8 Å². The van der Waals surface area contributed by atoms with Gasteiger partial charge in [-0.2, -0.15) is 26.3 Å². The maximum Gasteiger partial charge on any atom is 0.418 e. The second-order valence-corrected chi connectivity index (χ2v) is 7.26. The molecule has 4 aromatic rings. The lowest BCUT2D eigenvalue weighted by Gasteiger charge is -2.27. The number of alkyl halides is 6. The van der Waals surface area contributed by atoms with Crippen molar-refractivity contribution in [2.75, 3.05) is 11.9 Å². The first-order chi connectivity index (χ1) is 16.0. The van der Waals surface area contributed by atoms with E-state index in [4.69, 9.17) is 0 Å². The summed E-state index contributed by atoms with van der Waals surface area (Å²) in [6.07, 6.45) is -3.34. The minimum absolute atomic E-state index is 0.0516. The minimum atomic E-state index is -5.06. The van der Waals surface area contributed by atoms with Gasteiger partial charge in [0.25, 0.3) is 0 Å². The van der Waals surface area contributed by atoms with Crippen molar-refractivity contribution in [2.45, 2.75) is 25.3 Å². The van der Waals surface area contributed by atoms with E-state index in [1.165, 1.54) is 36.7 Å². The lowest BCUT2D eigenvalue weighted by Crippen LogP contribution is -2.25. The Kier molecular flexibility index (Phi) is 5.79. The molecule has 0 aliphatic rings. The average Bonchev–Trinajstić information content (AvgIpc) is 2.81. The molecule has 0 aliphatic heterocycles. The average molecular weight is 479 g/mol. The molecule has 0 fully saturated rings. The molecule has 4 rings (SSSR count). The fourth-order valence-electron chi connectivity index (χ4n) is 3.43. The van der Waals surface area contributed by atoms with E-state index >= 15 is 0 Å². The van der Waals surface area contributed by atoms with Gasteiger partial charge in [-0.3, -0.25) is 4.98 Å². The molecule has 3 aromatic heterocycles. The Balaban J connectivity index is 1.88. The van der Waals surface area contributed by atoms with Crippen LogP contribution in [0.15, 0.2) is 49.3 Å². The summed E-state index contributed by atoms with van der Waals surface area (Å²) in [6.45, 7) is 1.66. The van der Waals surface area contributed by atoms with E-state index in [1.807, 2.05) is 0 Å². The number of hydrogen-bond acceptors (Lipinski definition) is 7. The molecule has 1 aromatic carbocycles. The molecule has 0 spiro atoms. The minimum Gasteiger partial charge on any atom is -0.351 e. The first kappa shape index (κ1) is 23.3. The lowest BCUT2D eigenvalue weighted by atomic mass is 10.0. The van der Waals surface area contributed by atoms with Gasteiger partial charge in [0.2, 0.25) is 0 Å². The van der Waals surface area contributed by atoms with Crippen molar-refractivity contribution >= 4 is 16.7 Å². The molecule has 0 radical (unpaired) electrons. The Bertz CT molecular complexity index is 1320. The normalized spacial score (nSPS) is 13.2. The van der Waals surface area contributed by atoms with Crippen LogP contribution in [0, 0.1) is 0 Å². The summed E-state index contributed by atoms with van der Waals surface area (Å²) in [5, 5.41) is -0.402. The van der Waals surface area contributed by atoms with Crippen LogP contribution >= 0.6 is 0 Å². The largest absolute Gasteiger partial charge is 0.418 e. The van der Waals surface area contributed by atoms with Crippen LogP contribution in [0.1, 0.15) is 29.8 Å². The molecule has 176 valence electrons. The predicted molar refractivity (Wildman–Crippen MR) is 109 cm³/mol. The lowest BCUT2D eigenvalue weighted by molar-refractivity contribution is -0.142. The number of hydrogen-bond donors (Lipinski definition) is 0. The third-order valence-corrected chi connectivity index (χ3v) is 5.17. The number of benzene rings is 1. The van der Waals surface area contributed by atoms with Crippen LogP contribution in [0.4, 0.5) is 32.2 Å². The molecule has 0 saturated heterocycles. The quantitative estimate of drug-likeness (QED) is 0.376. The summed E-state index contributed by atoms with van der Waals surface area (Å²) >= 11 is 0. The molecule has 34 heavy (non-hydrogen) atoms. The highest BCUT2D eigenvalue weighted by Gasteiger charge is 2.39. The highest BCUT2D eigenvalue weighted by Crippen LogP contribution is 2.42. The maximum absolute atomic E-state index is 13.6. The third kappa shape index (κ3) is 4.32. The van der Waals surface area contributed by atoms with Crippen molar-refractivity contribution in [1.82, 2.24) is 29.9 Å². The molecule has 13 heteroatoms. The highest BCUT2D eigenvalue weighted by atomic mass is 19.4. The molecule has 1 atom stereocenters. The summed E-state index contributed by atoms with van der Waals surface area (Å²) in [7, 11) is 1.48.